The maximum Gasteiger partial charge on any atom is 0.226 e. The number of carbonyl (C=O) groups excluding carboxylic acids is 1. The predicted molar refractivity (Wildman–Crippen MR) is 84.9 cm³/mol. The van der Waals surface area contributed by atoms with Crippen molar-refractivity contribution in [3.63, 3.8) is 0 Å². The van der Waals surface area contributed by atoms with E-state index in [1.807, 2.05) is 0 Å². The minimum atomic E-state index is 0.0640. The smallest absolute Gasteiger partial charge is 0.226 e. The Hall–Kier alpha value is -0.530. The minimum Gasteiger partial charge on any atom is -0.355 e. The summed E-state index contributed by atoms with van der Waals surface area (Å²) in [5.41, 5.74) is 0.0640. The highest BCUT2D eigenvalue weighted by Gasteiger charge is 2.61. The number of carbonyl (C=O) groups is 1. The summed E-state index contributed by atoms with van der Waals surface area (Å²) in [6.07, 6.45) is 12.4. The molecule has 0 aliphatic heterocycles. The quantitative estimate of drug-likeness (QED) is 0.847. The van der Waals surface area contributed by atoms with Crippen LogP contribution in [0.3, 0.4) is 0 Å². The highest BCUT2D eigenvalue weighted by Crippen LogP contribution is 2.67. The van der Waals surface area contributed by atoms with Gasteiger partial charge in [-0.15, -0.1) is 0 Å². The van der Waals surface area contributed by atoms with Gasteiger partial charge in [0.05, 0.1) is 0 Å². The number of amides is 1. The van der Waals surface area contributed by atoms with Gasteiger partial charge in [0.1, 0.15) is 0 Å². The Labute approximate surface area is 133 Å². The molecule has 0 unspecified atom stereocenters. The molecule has 120 valence electrons. The molecular weight excluding hydrogens is 270 g/mol. The highest BCUT2D eigenvalue weighted by molar-refractivity contribution is 5.83. The second-order valence-corrected chi connectivity index (χ2v) is 10.1. The first-order valence-corrected chi connectivity index (χ1v) is 9.98. The summed E-state index contributed by atoms with van der Waals surface area (Å²) in [6.45, 7) is 1.00. The molecule has 6 bridgehead atoms. The molecular formula is C20H29NO. The van der Waals surface area contributed by atoms with Gasteiger partial charge in [-0.3, -0.25) is 4.79 Å². The van der Waals surface area contributed by atoms with Crippen LogP contribution in [0.25, 0.3) is 0 Å². The standard InChI is InChI=1S/C20H29NO/c22-19(20-7-11-1-12(8-20)3-13(2-11)9-20)21-10-15-4-14-5-16(15)18-6-17(14)18/h11-18H,1-10H2,(H,21,22)/t11?,12?,13?,14-,15+,16+,17-,18+,20?/m1/s1. The summed E-state index contributed by atoms with van der Waals surface area (Å²) >= 11 is 0. The lowest BCUT2D eigenvalue weighted by Gasteiger charge is -2.55. The minimum absolute atomic E-state index is 0.0640. The van der Waals surface area contributed by atoms with E-state index >= 15 is 0 Å². The Kier molecular flexibility index (Phi) is 2.40. The summed E-state index contributed by atoms with van der Waals surface area (Å²) in [7, 11) is 0. The molecule has 22 heavy (non-hydrogen) atoms. The maximum atomic E-state index is 13.0. The van der Waals surface area contributed by atoms with Gasteiger partial charge in [-0.05, 0) is 105 Å². The van der Waals surface area contributed by atoms with E-state index in [-0.39, 0.29) is 5.41 Å². The summed E-state index contributed by atoms with van der Waals surface area (Å²) in [5.74, 6) is 8.13. The van der Waals surface area contributed by atoms with Crippen molar-refractivity contribution in [3.05, 3.63) is 0 Å². The second-order valence-electron chi connectivity index (χ2n) is 10.1. The van der Waals surface area contributed by atoms with E-state index in [4.69, 9.17) is 0 Å². The van der Waals surface area contributed by atoms with Gasteiger partial charge < -0.3 is 5.32 Å². The molecule has 0 aromatic rings. The molecule has 2 nitrogen and oxygen atoms in total. The Bertz CT molecular complexity index is 491. The fraction of sp³-hybridized carbons (Fsp3) is 0.950. The van der Waals surface area contributed by atoms with E-state index in [0.717, 1.165) is 53.9 Å². The van der Waals surface area contributed by atoms with Gasteiger partial charge in [0, 0.05) is 12.0 Å². The van der Waals surface area contributed by atoms with Gasteiger partial charge in [0.2, 0.25) is 5.91 Å². The van der Waals surface area contributed by atoms with Crippen molar-refractivity contribution in [2.75, 3.05) is 6.54 Å². The first-order chi connectivity index (χ1) is 10.7. The lowest BCUT2D eigenvalue weighted by Crippen LogP contribution is -2.54. The van der Waals surface area contributed by atoms with Crippen molar-refractivity contribution in [1.29, 1.82) is 0 Å². The molecule has 0 aromatic carbocycles. The van der Waals surface area contributed by atoms with Crippen LogP contribution in [-0.4, -0.2) is 12.5 Å². The molecule has 0 aromatic heterocycles. The van der Waals surface area contributed by atoms with Crippen molar-refractivity contribution in [3.8, 4) is 0 Å². The third-order valence-electron chi connectivity index (χ3n) is 8.88. The maximum absolute atomic E-state index is 13.0. The van der Waals surface area contributed by atoms with Crippen LogP contribution in [0.15, 0.2) is 0 Å². The van der Waals surface area contributed by atoms with Gasteiger partial charge in [-0.2, -0.15) is 0 Å². The van der Waals surface area contributed by atoms with E-state index in [9.17, 15) is 4.79 Å². The largest absolute Gasteiger partial charge is 0.355 e. The summed E-state index contributed by atoms with van der Waals surface area (Å²) in [5, 5.41) is 3.47. The van der Waals surface area contributed by atoms with Crippen LogP contribution in [0.2, 0.25) is 0 Å². The number of nitrogens with one attached hydrogen (secondary N) is 1. The first-order valence-electron chi connectivity index (χ1n) is 9.98. The van der Waals surface area contributed by atoms with E-state index in [0.29, 0.717) is 5.91 Å². The first kappa shape index (κ1) is 12.8. The Morgan fingerprint density at radius 3 is 2.09 bits per heavy atom. The number of hydrogen-bond acceptors (Lipinski definition) is 1. The highest BCUT2D eigenvalue weighted by atomic mass is 16.2. The summed E-state index contributed by atoms with van der Waals surface area (Å²) in [4.78, 5) is 13.0. The normalized spacial score (nSPS) is 59.6. The molecule has 5 atom stereocenters. The Morgan fingerprint density at radius 2 is 1.50 bits per heavy atom. The van der Waals surface area contributed by atoms with Crippen LogP contribution >= 0.6 is 0 Å². The van der Waals surface area contributed by atoms with Crippen LogP contribution in [0, 0.1) is 52.8 Å². The molecule has 7 aliphatic carbocycles. The number of fused-ring (bicyclic) bond motifs is 5. The molecule has 7 saturated carbocycles. The van der Waals surface area contributed by atoms with Crippen molar-refractivity contribution < 1.29 is 4.79 Å². The van der Waals surface area contributed by atoms with Crippen molar-refractivity contribution >= 4 is 5.91 Å². The van der Waals surface area contributed by atoms with Gasteiger partial charge in [-0.25, -0.2) is 0 Å². The average molecular weight is 299 g/mol. The van der Waals surface area contributed by atoms with Crippen LogP contribution in [-0.2, 0) is 4.79 Å². The van der Waals surface area contributed by atoms with Crippen molar-refractivity contribution in [2.45, 2.75) is 57.8 Å². The van der Waals surface area contributed by atoms with Gasteiger partial charge in [0.15, 0.2) is 0 Å². The van der Waals surface area contributed by atoms with Crippen molar-refractivity contribution in [2.24, 2.45) is 52.8 Å². The van der Waals surface area contributed by atoms with E-state index < -0.39 is 0 Å². The molecule has 0 heterocycles. The summed E-state index contributed by atoms with van der Waals surface area (Å²) < 4.78 is 0. The Morgan fingerprint density at radius 1 is 0.818 bits per heavy atom. The zero-order valence-electron chi connectivity index (χ0n) is 13.6. The SMILES string of the molecule is O=C(NC[C@@H]1C[C@@H]2C[C@@H]1[C@@H]1C[C@H]21)C12CC3CC(CC(C3)C1)C2. The van der Waals surface area contributed by atoms with Crippen LogP contribution < -0.4 is 5.32 Å². The molecule has 7 aliphatic rings. The van der Waals surface area contributed by atoms with Gasteiger partial charge in [-0.1, -0.05) is 0 Å². The van der Waals surface area contributed by atoms with Gasteiger partial charge >= 0.3 is 0 Å². The molecule has 0 saturated heterocycles. The molecule has 0 radical (unpaired) electrons. The second kappa shape index (κ2) is 4.11. The molecule has 1 N–H and O–H groups in total. The lowest BCUT2D eigenvalue weighted by atomic mass is 9.49. The zero-order valence-corrected chi connectivity index (χ0v) is 13.6. The molecule has 1 amide bonds. The monoisotopic (exact) mass is 299 g/mol. The fourth-order valence-electron chi connectivity index (χ4n) is 8.38. The third-order valence-corrected chi connectivity index (χ3v) is 8.88. The molecule has 7 rings (SSSR count). The molecule has 7 fully saturated rings. The van der Waals surface area contributed by atoms with Crippen LogP contribution in [0.5, 0.6) is 0 Å². The van der Waals surface area contributed by atoms with E-state index in [1.165, 1.54) is 57.8 Å². The number of hydrogen-bond donors (Lipinski definition) is 1. The van der Waals surface area contributed by atoms with E-state index in [1.54, 1.807) is 0 Å². The third kappa shape index (κ3) is 1.65. The van der Waals surface area contributed by atoms with E-state index in [2.05, 4.69) is 5.32 Å². The van der Waals surface area contributed by atoms with Crippen LogP contribution in [0.1, 0.15) is 57.8 Å². The Balaban J connectivity index is 1.14. The summed E-state index contributed by atoms with van der Waals surface area (Å²) in [6, 6.07) is 0. The molecule has 2 heteroatoms. The van der Waals surface area contributed by atoms with Gasteiger partial charge in [0.25, 0.3) is 0 Å². The average Bonchev–Trinajstić information content (AvgIpc) is 3.09. The van der Waals surface area contributed by atoms with Crippen molar-refractivity contribution in [1.82, 2.24) is 5.32 Å². The lowest BCUT2D eigenvalue weighted by molar-refractivity contribution is -0.146. The predicted octanol–water partition coefficient (Wildman–Crippen LogP) is 3.61. The number of rotatable bonds is 3. The molecule has 0 spiro atoms. The van der Waals surface area contributed by atoms with Crippen LogP contribution in [0.4, 0.5) is 0 Å². The fourth-order valence-corrected chi connectivity index (χ4v) is 8.38. The zero-order chi connectivity index (χ0) is 14.5. The topological polar surface area (TPSA) is 29.1 Å².